The minimum Gasteiger partial charge on any atom is -0.358 e. The maximum Gasteiger partial charge on any atom is 0.140 e. The predicted molar refractivity (Wildman–Crippen MR) is 64.8 cm³/mol. The van der Waals surface area contributed by atoms with E-state index in [1.54, 1.807) is 6.07 Å². The van der Waals surface area contributed by atoms with E-state index >= 15 is 0 Å². The summed E-state index contributed by atoms with van der Waals surface area (Å²) in [5.74, 6) is 0. The lowest BCUT2D eigenvalue weighted by Crippen LogP contribution is -2.10. The van der Waals surface area contributed by atoms with Gasteiger partial charge in [0, 0.05) is 16.5 Å². The van der Waals surface area contributed by atoms with Gasteiger partial charge in [-0.2, -0.15) is 0 Å². The highest BCUT2D eigenvalue weighted by Gasteiger charge is 2.17. The Balaban J connectivity index is 2.71. The number of nitrogens with zero attached hydrogens (tertiary/aromatic N) is 1. The summed E-state index contributed by atoms with van der Waals surface area (Å²) in [6.45, 7) is 6.42. The van der Waals surface area contributed by atoms with Crippen LogP contribution in [0.1, 0.15) is 26.5 Å². The first-order chi connectivity index (χ1) is 6.88. The molecule has 0 saturated heterocycles. The summed E-state index contributed by atoms with van der Waals surface area (Å²) in [5, 5.41) is 1.78. The van der Waals surface area contributed by atoms with Gasteiger partial charge in [0.05, 0.1) is 5.52 Å². The average Bonchev–Trinajstić information content (AvgIpc) is 2.46. The summed E-state index contributed by atoms with van der Waals surface area (Å²) in [5.41, 5.74) is 2.13. The first-order valence-electron chi connectivity index (χ1n) is 4.73. The van der Waals surface area contributed by atoms with Gasteiger partial charge in [-0.15, -0.1) is 0 Å². The van der Waals surface area contributed by atoms with Gasteiger partial charge in [-0.25, -0.2) is 4.98 Å². The van der Waals surface area contributed by atoms with Gasteiger partial charge in [0.2, 0.25) is 0 Å². The van der Waals surface area contributed by atoms with E-state index < -0.39 is 0 Å². The molecule has 0 saturated carbocycles. The van der Waals surface area contributed by atoms with Crippen molar-refractivity contribution in [2.45, 2.75) is 26.2 Å². The minimum atomic E-state index is 0.0643. The third-order valence-corrected chi connectivity index (χ3v) is 2.83. The van der Waals surface area contributed by atoms with E-state index in [9.17, 15) is 0 Å². The highest BCUT2D eigenvalue weighted by atomic mass is 35.5. The SMILES string of the molecule is CC(C)(C)c1cc2c(Cl)nc(Cl)cc2[nH]1. The molecule has 0 spiro atoms. The van der Waals surface area contributed by atoms with Crippen molar-refractivity contribution < 1.29 is 0 Å². The fraction of sp³-hybridized carbons (Fsp3) is 0.364. The molecule has 0 aliphatic heterocycles. The zero-order chi connectivity index (χ0) is 11.2. The van der Waals surface area contributed by atoms with E-state index in [-0.39, 0.29) is 5.41 Å². The summed E-state index contributed by atoms with van der Waals surface area (Å²) < 4.78 is 0. The van der Waals surface area contributed by atoms with Gasteiger partial charge in [0.25, 0.3) is 0 Å². The molecule has 2 aromatic heterocycles. The summed E-state index contributed by atoms with van der Waals surface area (Å²) in [6.07, 6.45) is 0. The Morgan fingerprint density at radius 3 is 2.47 bits per heavy atom. The molecule has 2 nitrogen and oxygen atoms in total. The molecule has 0 amide bonds. The fourth-order valence-electron chi connectivity index (χ4n) is 1.46. The van der Waals surface area contributed by atoms with Crippen molar-refractivity contribution in [3.8, 4) is 0 Å². The molecule has 0 unspecified atom stereocenters. The molecule has 0 bridgehead atoms. The van der Waals surface area contributed by atoms with Crippen molar-refractivity contribution in [1.29, 1.82) is 0 Å². The van der Waals surface area contributed by atoms with E-state index in [0.717, 1.165) is 16.6 Å². The Kier molecular flexibility index (Phi) is 2.44. The number of halogens is 2. The maximum absolute atomic E-state index is 6.01. The Morgan fingerprint density at radius 2 is 1.87 bits per heavy atom. The van der Waals surface area contributed by atoms with Crippen LogP contribution >= 0.6 is 23.2 Å². The van der Waals surface area contributed by atoms with Crippen LogP contribution in [0.4, 0.5) is 0 Å². The molecule has 2 heterocycles. The fourth-order valence-corrected chi connectivity index (χ4v) is 1.95. The first kappa shape index (κ1) is 10.8. The number of aromatic amines is 1. The van der Waals surface area contributed by atoms with Gasteiger partial charge < -0.3 is 4.98 Å². The molecule has 0 atom stereocenters. The zero-order valence-corrected chi connectivity index (χ0v) is 10.4. The second-order valence-electron chi connectivity index (χ2n) is 4.63. The monoisotopic (exact) mass is 242 g/mol. The van der Waals surface area contributed by atoms with E-state index in [2.05, 4.69) is 30.7 Å². The van der Waals surface area contributed by atoms with Crippen LogP contribution in [0.3, 0.4) is 0 Å². The van der Waals surface area contributed by atoms with Crippen molar-refractivity contribution in [3.05, 3.63) is 28.1 Å². The maximum atomic E-state index is 6.01. The van der Waals surface area contributed by atoms with Crippen molar-refractivity contribution in [2.24, 2.45) is 0 Å². The minimum absolute atomic E-state index is 0.0643. The number of pyridine rings is 1. The van der Waals surface area contributed by atoms with Crippen LogP contribution < -0.4 is 0 Å². The van der Waals surface area contributed by atoms with E-state index in [0.29, 0.717) is 10.3 Å². The van der Waals surface area contributed by atoms with E-state index in [1.807, 2.05) is 6.07 Å². The van der Waals surface area contributed by atoms with Crippen LogP contribution in [0.15, 0.2) is 12.1 Å². The third-order valence-electron chi connectivity index (χ3n) is 2.35. The normalized spacial score (nSPS) is 12.3. The van der Waals surface area contributed by atoms with Crippen LogP contribution in [0.2, 0.25) is 10.3 Å². The molecular formula is C11H12Cl2N2. The van der Waals surface area contributed by atoms with Gasteiger partial charge in [0.1, 0.15) is 10.3 Å². The van der Waals surface area contributed by atoms with Crippen LogP contribution in [0.25, 0.3) is 10.9 Å². The second-order valence-corrected chi connectivity index (χ2v) is 5.38. The standard InChI is InChI=1S/C11H12Cl2N2/c1-11(2,3)8-4-6-7(14-8)5-9(12)15-10(6)13/h4-5,14H,1-3H3. The molecule has 80 valence electrons. The van der Waals surface area contributed by atoms with Crippen molar-refractivity contribution in [2.75, 3.05) is 0 Å². The number of nitrogens with one attached hydrogen (secondary N) is 1. The van der Waals surface area contributed by atoms with Crippen LogP contribution in [-0.4, -0.2) is 9.97 Å². The van der Waals surface area contributed by atoms with Crippen LogP contribution in [0.5, 0.6) is 0 Å². The van der Waals surface area contributed by atoms with Crippen LogP contribution in [-0.2, 0) is 5.41 Å². The van der Waals surface area contributed by atoms with Gasteiger partial charge in [-0.1, -0.05) is 44.0 Å². The smallest absolute Gasteiger partial charge is 0.140 e. The van der Waals surface area contributed by atoms with Gasteiger partial charge in [-0.05, 0) is 12.1 Å². The summed E-state index contributed by atoms with van der Waals surface area (Å²) in [6, 6.07) is 3.82. The Morgan fingerprint density at radius 1 is 1.20 bits per heavy atom. The molecule has 2 aromatic rings. The summed E-state index contributed by atoms with van der Waals surface area (Å²) >= 11 is 11.8. The Labute approximate surface area is 98.6 Å². The highest BCUT2D eigenvalue weighted by Crippen LogP contribution is 2.30. The average molecular weight is 243 g/mol. The van der Waals surface area contributed by atoms with Gasteiger partial charge in [0.15, 0.2) is 0 Å². The van der Waals surface area contributed by atoms with E-state index in [1.165, 1.54) is 0 Å². The lowest BCUT2D eigenvalue weighted by atomic mass is 9.92. The summed E-state index contributed by atoms with van der Waals surface area (Å²) in [4.78, 5) is 7.32. The van der Waals surface area contributed by atoms with E-state index in [4.69, 9.17) is 23.2 Å². The van der Waals surface area contributed by atoms with Crippen LogP contribution in [0, 0.1) is 0 Å². The van der Waals surface area contributed by atoms with Gasteiger partial charge in [-0.3, -0.25) is 0 Å². The quantitative estimate of drug-likeness (QED) is 0.691. The number of aromatic nitrogens is 2. The molecule has 4 heteroatoms. The lowest BCUT2D eigenvalue weighted by molar-refractivity contribution is 0.574. The summed E-state index contributed by atoms with van der Waals surface area (Å²) in [7, 11) is 0. The molecular weight excluding hydrogens is 231 g/mol. The number of fused-ring (bicyclic) bond motifs is 1. The number of rotatable bonds is 0. The zero-order valence-electron chi connectivity index (χ0n) is 8.86. The van der Waals surface area contributed by atoms with Crippen molar-refractivity contribution in [3.63, 3.8) is 0 Å². The largest absolute Gasteiger partial charge is 0.358 e. The van der Waals surface area contributed by atoms with Gasteiger partial charge >= 0.3 is 0 Å². The Hall–Kier alpha value is -0.730. The molecule has 2 rings (SSSR count). The molecule has 0 fully saturated rings. The number of H-pyrrole nitrogens is 1. The number of hydrogen-bond donors (Lipinski definition) is 1. The lowest BCUT2D eigenvalue weighted by Gasteiger charge is -2.15. The molecule has 0 aliphatic rings. The molecule has 1 N–H and O–H groups in total. The highest BCUT2D eigenvalue weighted by molar-refractivity contribution is 6.36. The predicted octanol–water partition coefficient (Wildman–Crippen LogP) is 4.17. The molecule has 15 heavy (non-hydrogen) atoms. The Bertz CT molecular complexity index is 509. The molecule has 0 aromatic carbocycles. The topological polar surface area (TPSA) is 28.7 Å². The number of hydrogen-bond acceptors (Lipinski definition) is 1. The third kappa shape index (κ3) is 1.97. The molecule has 0 radical (unpaired) electrons. The molecule has 0 aliphatic carbocycles. The van der Waals surface area contributed by atoms with Crippen molar-refractivity contribution >= 4 is 34.1 Å². The second kappa shape index (κ2) is 3.39. The first-order valence-corrected chi connectivity index (χ1v) is 5.49. The van der Waals surface area contributed by atoms with Crippen molar-refractivity contribution in [1.82, 2.24) is 9.97 Å².